The van der Waals surface area contributed by atoms with Gasteiger partial charge in [0, 0.05) is 16.4 Å². The smallest absolute Gasteiger partial charge is 0.127 e. The summed E-state index contributed by atoms with van der Waals surface area (Å²) < 4.78 is 5.13. The summed E-state index contributed by atoms with van der Waals surface area (Å²) >= 11 is 4.20. The fourth-order valence-electron chi connectivity index (χ4n) is 1.15. The summed E-state index contributed by atoms with van der Waals surface area (Å²) in [6.45, 7) is 1.83. The lowest BCUT2D eigenvalue weighted by Gasteiger charge is -2.10. The van der Waals surface area contributed by atoms with Crippen LogP contribution in [0.4, 0.5) is 0 Å². The van der Waals surface area contributed by atoms with Crippen molar-refractivity contribution in [3.63, 3.8) is 0 Å². The first kappa shape index (κ1) is 10.1. The molecule has 1 rings (SSSR count). The molecule has 0 bridgehead atoms. The van der Waals surface area contributed by atoms with E-state index in [0.717, 1.165) is 22.5 Å². The topological polar surface area (TPSA) is 26.3 Å². The number of carbonyl (C=O) groups is 1. The molecule has 1 atom stereocenters. The lowest BCUT2D eigenvalue weighted by atomic mass is 10.0. The first-order valence-corrected chi connectivity index (χ1v) is 4.46. The molecule has 0 spiro atoms. The van der Waals surface area contributed by atoms with Crippen LogP contribution < -0.4 is 4.74 Å². The van der Waals surface area contributed by atoms with E-state index in [1.807, 2.05) is 25.1 Å². The summed E-state index contributed by atoms with van der Waals surface area (Å²) in [6.07, 6.45) is 0.894. The van der Waals surface area contributed by atoms with E-state index in [-0.39, 0.29) is 5.92 Å². The third-order valence-corrected chi connectivity index (χ3v) is 2.19. The monoisotopic (exact) mass is 196 g/mol. The maximum atomic E-state index is 10.6. The standard InChI is InChI=1S/C10H12O2S/c1-7(6-11)9-5-8(13)3-4-10(9)12-2/h3-7,13H,1-2H3. The Morgan fingerprint density at radius 2 is 2.23 bits per heavy atom. The third kappa shape index (κ3) is 2.25. The van der Waals surface area contributed by atoms with E-state index < -0.39 is 0 Å². The average Bonchev–Trinajstić information content (AvgIpc) is 2.16. The van der Waals surface area contributed by atoms with E-state index in [2.05, 4.69) is 12.6 Å². The van der Waals surface area contributed by atoms with Crippen LogP contribution in [0.3, 0.4) is 0 Å². The van der Waals surface area contributed by atoms with Gasteiger partial charge in [-0.05, 0) is 18.2 Å². The molecule has 0 aliphatic heterocycles. The maximum absolute atomic E-state index is 10.6. The van der Waals surface area contributed by atoms with E-state index in [0.29, 0.717) is 0 Å². The molecule has 0 fully saturated rings. The number of hydrogen-bond acceptors (Lipinski definition) is 3. The number of methoxy groups -OCH3 is 1. The van der Waals surface area contributed by atoms with Gasteiger partial charge in [-0.1, -0.05) is 6.92 Å². The van der Waals surface area contributed by atoms with Crippen LogP contribution in [-0.2, 0) is 4.79 Å². The molecule has 1 aromatic rings. The van der Waals surface area contributed by atoms with E-state index in [1.165, 1.54) is 0 Å². The number of aldehydes is 1. The largest absolute Gasteiger partial charge is 0.496 e. The molecule has 0 radical (unpaired) electrons. The number of rotatable bonds is 3. The molecule has 0 aliphatic carbocycles. The van der Waals surface area contributed by atoms with Crippen molar-refractivity contribution in [3.8, 4) is 5.75 Å². The van der Waals surface area contributed by atoms with Crippen molar-refractivity contribution in [3.05, 3.63) is 23.8 Å². The summed E-state index contributed by atoms with van der Waals surface area (Å²) in [5.74, 6) is 0.583. The van der Waals surface area contributed by atoms with Gasteiger partial charge in [0.05, 0.1) is 7.11 Å². The molecule has 13 heavy (non-hydrogen) atoms. The molecule has 0 aliphatic rings. The van der Waals surface area contributed by atoms with E-state index in [1.54, 1.807) is 7.11 Å². The minimum atomic E-state index is -0.151. The molecular formula is C10H12O2S. The number of benzene rings is 1. The second-order valence-corrected chi connectivity index (χ2v) is 3.37. The zero-order chi connectivity index (χ0) is 9.84. The van der Waals surface area contributed by atoms with Crippen molar-refractivity contribution in [2.24, 2.45) is 0 Å². The van der Waals surface area contributed by atoms with Gasteiger partial charge in [0.1, 0.15) is 12.0 Å². The van der Waals surface area contributed by atoms with E-state index in [9.17, 15) is 4.79 Å². The van der Waals surface area contributed by atoms with Crippen molar-refractivity contribution in [2.75, 3.05) is 7.11 Å². The minimum Gasteiger partial charge on any atom is -0.496 e. The van der Waals surface area contributed by atoms with Gasteiger partial charge in [-0.3, -0.25) is 0 Å². The summed E-state index contributed by atoms with van der Waals surface area (Å²) in [5, 5.41) is 0. The van der Waals surface area contributed by atoms with Gasteiger partial charge >= 0.3 is 0 Å². The number of carbonyl (C=O) groups excluding carboxylic acids is 1. The van der Waals surface area contributed by atoms with Crippen LogP contribution in [0.2, 0.25) is 0 Å². The highest BCUT2D eigenvalue weighted by Crippen LogP contribution is 2.27. The molecule has 0 aromatic heterocycles. The Balaban J connectivity index is 3.14. The molecular weight excluding hydrogens is 184 g/mol. The molecule has 0 saturated carbocycles. The number of hydrogen-bond donors (Lipinski definition) is 1. The van der Waals surface area contributed by atoms with Crippen molar-refractivity contribution < 1.29 is 9.53 Å². The van der Waals surface area contributed by atoms with Crippen LogP contribution in [0.25, 0.3) is 0 Å². The molecule has 0 heterocycles. The van der Waals surface area contributed by atoms with Crippen LogP contribution in [0.1, 0.15) is 18.4 Å². The lowest BCUT2D eigenvalue weighted by Crippen LogP contribution is -1.98. The summed E-state index contributed by atoms with van der Waals surface area (Å²) in [5.41, 5.74) is 0.880. The van der Waals surface area contributed by atoms with Crippen LogP contribution >= 0.6 is 12.6 Å². The Hall–Kier alpha value is -0.960. The SMILES string of the molecule is COc1ccc(S)cc1C(C)C=O. The zero-order valence-corrected chi connectivity index (χ0v) is 8.54. The Morgan fingerprint density at radius 1 is 1.54 bits per heavy atom. The second-order valence-electron chi connectivity index (χ2n) is 2.85. The molecule has 0 amide bonds. The van der Waals surface area contributed by atoms with E-state index in [4.69, 9.17) is 4.74 Å². The molecule has 0 N–H and O–H groups in total. The minimum absolute atomic E-state index is 0.151. The lowest BCUT2D eigenvalue weighted by molar-refractivity contribution is -0.108. The molecule has 70 valence electrons. The predicted molar refractivity (Wildman–Crippen MR) is 54.7 cm³/mol. The quantitative estimate of drug-likeness (QED) is 0.593. The van der Waals surface area contributed by atoms with Crippen LogP contribution in [0, 0.1) is 0 Å². The molecule has 1 unspecified atom stereocenters. The van der Waals surface area contributed by atoms with Gasteiger partial charge in [0.2, 0.25) is 0 Å². The predicted octanol–water partition coefficient (Wildman–Crippen LogP) is 2.29. The average molecular weight is 196 g/mol. The Labute approximate surface area is 83.3 Å². The van der Waals surface area contributed by atoms with Gasteiger partial charge < -0.3 is 9.53 Å². The highest BCUT2D eigenvalue weighted by Gasteiger charge is 2.10. The molecule has 0 saturated heterocycles. The summed E-state index contributed by atoms with van der Waals surface area (Å²) in [4.78, 5) is 11.4. The molecule has 2 nitrogen and oxygen atoms in total. The number of ether oxygens (including phenoxy) is 1. The zero-order valence-electron chi connectivity index (χ0n) is 7.65. The maximum Gasteiger partial charge on any atom is 0.127 e. The van der Waals surface area contributed by atoms with Crippen molar-refractivity contribution >= 4 is 18.9 Å². The van der Waals surface area contributed by atoms with Crippen molar-refractivity contribution in [1.29, 1.82) is 0 Å². The van der Waals surface area contributed by atoms with Gasteiger partial charge in [-0.2, -0.15) is 0 Å². The highest BCUT2D eigenvalue weighted by molar-refractivity contribution is 7.80. The summed E-state index contributed by atoms with van der Waals surface area (Å²) in [7, 11) is 1.59. The normalized spacial score (nSPS) is 12.2. The molecule has 3 heteroatoms. The first-order valence-electron chi connectivity index (χ1n) is 4.01. The first-order chi connectivity index (χ1) is 6.19. The molecule has 1 aromatic carbocycles. The van der Waals surface area contributed by atoms with Gasteiger partial charge in [-0.25, -0.2) is 0 Å². The number of thiol groups is 1. The van der Waals surface area contributed by atoms with Gasteiger partial charge in [0.25, 0.3) is 0 Å². The third-order valence-electron chi connectivity index (χ3n) is 1.91. The van der Waals surface area contributed by atoms with Gasteiger partial charge in [0.15, 0.2) is 0 Å². The summed E-state index contributed by atoms with van der Waals surface area (Å²) in [6, 6.07) is 5.50. The Bertz CT molecular complexity index is 310. The second kappa shape index (κ2) is 4.33. The van der Waals surface area contributed by atoms with Crippen molar-refractivity contribution in [1.82, 2.24) is 0 Å². The van der Waals surface area contributed by atoms with Crippen LogP contribution in [0.5, 0.6) is 5.75 Å². The highest BCUT2D eigenvalue weighted by atomic mass is 32.1. The fraction of sp³-hybridized carbons (Fsp3) is 0.300. The van der Waals surface area contributed by atoms with Crippen LogP contribution in [0.15, 0.2) is 23.1 Å². The van der Waals surface area contributed by atoms with Gasteiger partial charge in [-0.15, -0.1) is 12.6 Å². The Kier molecular flexibility index (Phi) is 3.37. The Morgan fingerprint density at radius 3 is 2.77 bits per heavy atom. The van der Waals surface area contributed by atoms with Crippen LogP contribution in [-0.4, -0.2) is 13.4 Å². The van der Waals surface area contributed by atoms with Crippen molar-refractivity contribution in [2.45, 2.75) is 17.7 Å². The van der Waals surface area contributed by atoms with E-state index >= 15 is 0 Å². The fourth-order valence-corrected chi connectivity index (χ4v) is 1.36.